The van der Waals surface area contributed by atoms with Crippen molar-refractivity contribution in [1.29, 1.82) is 0 Å². The Morgan fingerprint density at radius 2 is 1.82 bits per heavy atom. The standard InChI is InChI=1S/C16H20ClN3O2/c17-12-4-6-14(7-5-12)20-11-13(10-15(20)21)18-16(22)19-8-2-1-3-9-19/h4-7,13H,1-3,8-11H2,(H,18,22)/t13-/m1/s1. The van der Waals surface area contributed by atoms with Gasteiger partial charge in [-0.05, 0) is 43.5 Å². The van der Waals surface area contributed by atoms with Crippen LogP contribution in [0, 0.1) is 0 Å². The maximum atomic E-state index is 12.2. The Labute approximate surface area is 135 Å². The zero-order valence-corrected chi connectivity index (χ0v) is 13.2. The van der Waals surface area contributed by atoms with E-state index in [1.54, 1.807) is 17.0 Å². The number of benzene rings is 1. The summed E-state index contributed by atoms with van der Waals surface area (Å²) >= 11 is 5.87. The predicted molar refractivity (Wildman–Crippen MR) is 86.2 cm³/mol. The molecule has 2 heterocycles. The van der Waals surface area contributed by atoms with Crippen LogP contribution >= 0.6 is 11.6 Å². The first-order chi connectivity index (χ1) is 10.6. The smallest absolute Gasteiger partial charge is 0.317 e. The van der Waals surface area contributed by atoms with Crippen LogP contribution in [0.5, 0.6) is 0 Å². The zero-order chi connectivity index (χ0) is 15.5. The SMILES string of the molecule is O=C(N[C@@H]1CC(=O)N(c2ccc(Cl)cc2)C1)N1CCCCC1. The van der Waals surface area contributed by atoms with Gasteiger partial charge in [0.2, 0.25) is 5.91 Å². The van der Waals surface area contributed by atoms with Gasteiger partial charge in [0.1, 0.15) is 0 Å². The normalized spacial score (nSPS) is 22.0. The number of urea groups is 1. The van der Waals surface area contributed by atoms with E-state index in [1.165, 1.54) is 6.42 Å². The Morgan fingerprint density at radius 1 is 1.14 bits per heavy atom. The van der Waals surface area contributed by atoms with Gasteiger partial charge in [0.15, 0.2) is 0 Å². The highest BCUT2D eigenvalue weighted by Gasteiger charge is 2.32. The van der Waals surface area contributed by atoms with Crippen LogP contribution in [0.2, 0.25) is 5.02 Å². The number of hydrogen-bond donors (Lipinski definition) is 1. The summed E-state index contributed by atoms with van der Waals surface area (Å²) in [6.45, 7) is 2.14. The summed E-state index contributed by atoms with van der Waals surface area (Å²) < 4.78 is 0. The van der Waals surface area contributed by atoms with Gasteiger partial charge < -0.3 is 15.1 Å². The van der Waals surface area contributed by atoms with Crippen LogP contribution in [0.15, 0.2) is 24.3 Å². The molecule has 6 heteroatoms. The average molecular weight is 322 g/mol. The summed E-state index contributed by atoms with van der Waals surface area (Å²) in [4.78, 5) is 27.9. The number of piperidine rings is 1. The molecule has 0 bridgehead atoms. The second-order valence-electron chi connectivity index (χ2n) is 5.88. The van der Waals surface area contributed by atoms with Gasteiger partial charge in [0.25, 0.3) is 0 Å². The molecular weight excluding hydrogens is 302 g/mol. The van der Waals surface area contributed by atoms with Crippen LogP contribution in [0.3, 0.4) is 0 Å². The molecule has 5 nitrogen and oxygen atoms in total. The van der Waals surface area contributed by atoms with E-state index in [4.69, 9.17) is 11.6 Å². The molecule has 1 N–H and O–H groups in total. The van der Waals surface area contributed by atoms with Gasteiger partial charge in [-0.25, -0.2) is 4.79 Å². The Hall–Kier alpha value is -1.75. The maximum Gasteiger partial charge on any atom is 0.317 e. The predicted octanol–water partition coefficient (Wildman–Crippen LogP) is 2.64. The quantitative estimate of drug-likeness (QED) is 0.910. The summed E-state index contributed by atoms with van der Waals surface area (Å²) in [5.41, 5.74) is 0.823. The Morgan fingerprint density at radius 3 is 2.50 bits per heavy atom. The van der Waals surface area contributed by atoms with Crippen molar-refractivity contribution in [2.24, 2.45) is 0 Å². The van der Waals surface area contributed by atoms with Crippen molar-refractivity contribution in [3.8, 4) is 0 Å². The lowest BCUT2D eigenvalue weighted by Crippen LogP contribution is -2.47. The van der Waals surface area contributed by atoms with Crippen molar-refractivity contribution < 1.29 is 9.59 Å². The largest absolute Gasteiger partial charge is 0.333 e. The maximum absolute atomic E-state index is 12.2. The first-order valence-electron chi connectivity index (χ1n) is 7.75. The van der Waals surface area contributed by atoms with Crippen molar-refractivity contribution in [3.05, 3.63) is 29.3 Å². The first kappa shape index (κ1) is 15.2. The summed E-state index contributed by atoms with van der Waals surface area (Å²) in [7, 11) is 0. The van der Waals surface area contributed by atoms with Crippen molar-refractivity contribution in [3.63, 3.8) is 0 Å². The summed E-state index contributed by atoms with van der Waals surface area (Å²) in [5.74, 6) is 0.0336. The van der Waals surface area contributed by atoms with E-state index in [0.29, 0.717) is 18.0 Å². The third kappa shape index (κ3) is 3.35. The van der Waals surface area contributed by atoms with Crippen LogP contribution < -0.4 is 10.2 Å². The molecule has 22 heavy (non-hydrogen) atoms. The van der Waals surface area contributed by atoms with E-state index in [0.717, 1.165) is 31.6 Å². The fourth-order valence-electron chi connectivity index (χ4n) is 3.04. The number of carbonyl (C=O) groups is 2. The second-order valence-corrected chi connectivity index (χ2v) is 6.32. The van der Waals surface area contributed by atoms with Gasteiger partial charge in [-0.15, -0.1) is 0 Å². The number of rotatable bonds is 2. The molecule has 0 unspecified atom stereocenters. The molecule has 0 saturated carbocycles. The van der Waals surface area contributed by atoms with E-state index in [9.17, 15) is 9.59 Å². The molecule has 1 aromatic rings. The number of anilines is 1. The average Bonchev–Trinajstić information content (AvgIpc) is 2.89. The number of nitrogens with one attached hydrogen (secondary N) is 1. The molecule has 0 spiro atoms. The molecule has 2 saturated heterocycles. The first-order valence-corrected chi connectivity index (χ1v) is 8.12. The zero-order valence-electron chi connectivity index (χ0n) is 12.4. The number of carbonyl (C=O) groups excluding carboxylic acids is 2. The van der Waals surface area contributed by atoms with Crippen molar-refractivity contribution in [2.45, 2.75) is 31.7 Å². The lowest BCUT2D eigenvalue weighted by atomic mass is 10.1. The molecule has 118 valence electrons. The van der Waals surface area contributed by atoms with Gasteiger partial charge in [0, 0.05) is 36.8 Å². The third-order valence-electron chi connectivity index (χ3n) is 4.23. The van der Waals surface area contributed by atoms with Gasteiger partial charge in [-0.3, -0.25) is 4.79 Å². The molecule has 1 atom stereocenters. The monoisotopic (exact) mass is 321 g/mol. The van der Waals surface area contributed by atoms with E-state index < -0.39 is 0 Å². The molecule has 3 amide bonds. The molecule has 1 aromatic carbocycles. The van der Waals surface area contributed by atoms with Crippen molar-refractivity contribution in [1.82, 2.24) is 10.2 Å². The minimum Gasteiger partial charge on any atom is -0.333 e. The number of hydrogen-bond acceptors (Lipinski definition) is 2. The Bertz CT molecular complexity index is 555. The fourth-order valence-corrected chi connectivity index (χ4v) is 3.16. The van der Waals surface area contributed by atoms with Crippen LogP contribution in [0.25, 0.3) is 0 Å². The Kier molecular flexibility index (Phi) is 4.52. The molecule has 2 aliphatic rings. The minimum atomic E-state index is -0.127. The molecule has 0 radical (unpaired) electrons. The van der Waals surface area contributed by atoms with Gasteiger partial charge in [0.05, 0.1) is 6.04 Å². The van der Waals surface area contributed by atoms with Gasteiger partial charge >= 0.3 is 6.03 Å². The van der Waals surface area contributed by atoms with Crippen molar-refractivity contribution in [2.75, 3.05) is 24.5 Å². The third-order valence-corrected chi connectivity index (χ3v) is 4.49. The molecule has 0 aliphatic carbocycles. The van der Waals surface area contributed by atoms with Crippen LogP contribution in [-0.4, -0.2) is 42.5 Å². The molecule has 3 rings (SSSR count). The van der Waals surface area contributed by atoms with Gasteiger partial charge in [-0.1, -0.05) is 11.6 Å². The summed E-state index contributed by atoms with van der Waals surface area (Å²) in [6, 6.07) is 7.02. The van der Waals surface area contributed by atoms with Gasteiger partial charge in [-0.2, -0.15) is 0 Å². The van der Waals surface area contributed by atoms with Crippen LogP contribution in [0.1, 0.15) is 25.7 Å². The Balaban J connectivity index is 1.59. The highest BCUT2D eigenvalue weighted by atomic mass is 35.5. The molecule has 0 aromatic heterocycles. The van der Waals surface area contributed by atoms with Crippen LogP contribution in [0.4, 0.5) is 10.5 Å². The summed E-state index contributed by atoms with van der Waals surface area (Å²) in [5, 5.41) is 3.63. The van der Waals surface area contributed by atoms with E-state index >= 15 is 0 Å². The highest BCUT2D eigenvalue weighted by Crippen LogP contribution is 2.23. The number of likely N-dealkylation sites (tertiary alicyclic amines) is 1. The topological polar surface area (TPSA) is 52.7 Å². The number of amides is 3. The van der Waals surface area contributed by atoms with E-state index in [2.05, 4.69) is 5.32 Å². The number of halogens is 1. The highest BCUT2D eigenvalue weighted by molar-refractivity contribution is 6.30. The molecule has 2 aliphatic heterocycles. The lowest BCUT2D eigenvalue weighted by Gasteiger charge is -2.28. The molecular formula is C16H20ClN3O2. The lowest BCUT2D eigenvalue weighted by molar-refractivity contribution is -0.117. The van der Waals surface area contributed by atoms with E-state index in [-0.39, 0.29) is 18.0 Å². The van der Waals surface area contributed by atoms with E-state index in [1.807, 2.05) is 17.0 Å². The summed E-state index contributed by atoms with van der Waals surface area (Å²) in [6.07, 6.45) is 3.67. The number of nitrogens with zero attached hydrogens (tertiary/aromatic N) is 2. The molecule has 2 fully saturated rings. The fraction of sp³-hybridized carbons (Fsp3) is 0.500. The second kappa shape index (κ2) is 6.57. The van der Waals surface area contributed by atoms with Crippen molar-refractivity contribution >= 4 is 29.2 Å². The van der Waals surface area contributed by atoms with Crippen LogP contribution in [-0.2, 0) is 4.79 Å². The minimum absolute atomic E-state index is 0.0336.